The molecule has 0 aliphatic carbocycles. The summed E-state index contributed by atoms with van der Waals surface area (Å²) in [4.78, 5) is 11.1. The highest BCUT2D eigenvalue weighted by Crippen LogP contribution is 2.12. The lowest BCUT2D eigenvalue weighted by molar-refractivity contribution is -0.747. The van der Waals surface area contributed by atoms with Gasteiger partial charge in [-0.3, -0.25) is 4.79 Å². The van der Waals surface area contributed by atoms with Crippen LogP contribution in [0, 0.1) is 0 Å². The molecule has 2 aromatic rings. The Balaban J connectivity index is 2.24. The number of carbonyl (C=O) groups excluding carboxylic acids is 1. The first kappa shape index (κ1) is 14.5. The minimum atomic E-state index is -4.24. The lowest BCUT2D eigenvalue weighted by atomic mass is 10.1. The number of hydrogen-bond donors (Lipinski definition) is 0. The Hall–Kier alpha value is -1.86. The number of aromatic nitrogens is 2. The van der Waals surface area contributed by atoms with Crippen LogP contribution in [0.3, 0.4) is 0 Å². The maximum atomic E-state index is 11.1. The quantitative estimate of drug-likeness (QED) is 0.580. The van der Waals surface area contributed by atoms with E-state index in [0.29, 0.717) is 11.9 Å². The van der Waals surface area contributed by atoms with Crippen LogP contribution in [-0.2, 0) is 27.9 Å². The molecule has 2 rings (SSSR count). The monoisotopic (exact) mass is 294 g/mol. The van der Waals surface area contributed by atoms with Crippen molar-refractivity contribution in [2.24, 2.45) is 0 Å². The second-order valence-corrected chi connectivity index (χ2v) is 6.14. The zero-order chi connectivity index (χ0) is 14.8. The highest BCUT2D eigenvalue weighted by Gasteiger charge is 2.08. The Bertz CT molecular complexity index is 756. The molecule has 0 radical (unpaired) electrons. The summed E-state index contributed by atoms with van der Waals surface area (Å²) in [7, 11) is -4.24. The van der Waals surface area contributed by atoms with Crippen LogP contribution in [-0.4, -0.2) is 29.6 Å². The first-order valence-electron chi connectivity index (χ1n) is 6.06. The standard InChI is InChI=1S/C13H14N2O4S/c1-10(16)8-11-2-3-13-12(9-11)4-5-15(14-13)6-7-20(17,18)19/h2-5,9H,6-8H2,1H3. The van der Waals surface area contributed by atoms with Gasteiger partial charge in [-0.1, -0.05) is 10.7 Å². The number of ketones is 1. The van der Waals surface area contributed by atoms with Gasteiger partial charge < -0.3 is 4.55 Å². The third-order valence-corrected chi connectivity index (χ3v) is 3.46. The van der Waals surface area contributed by atoms with Gasteiger partial charge in [0.25, 0.3) is 0 Å². The first-order chi connectivity index (χ1) is 9.33. The molecule has 20 heavy (non-hydrogen) atoms. The smallest absolute Gasteiger partial charge is 0.196 e. The maximum Gasteiger partial charge on any atom is 0.196 e. The Kier molecular flexibility index (Phi) is 4.10. The highest BCUT2D eigenvalue weighted by molar-refractivity contribution is 7.85. The summed E-state index contributed by atoms with van der Waals surface area (Å²) in [5.74, 6) is -0.401. The zero-order valence-corrected chi connectivity index (χ0v) is 11.8. The Morgan fingerprint density at radius 1 is 1.35 bits per heavy atom. The third kappa shape index (κ3) is 4.07. The molecule has 0 aliphatic heterocycles. The second kappa shape index (κ2) is 5.64. The summed E-state index contributed by atoms with van der Waals surface area (Å²) in [5, 5.41) is 5.09. The van der Waals surface area contributed by atoms with Crippen molar-refractivity contribution in [3.63, 3.8) is 0 Å². The van der Waals surface area contributed by atoms with E-state index in [9.17, 15) is 17.8 Å². The molecule has 6 nitrogen and oxygen atoms in total. The van der Waals surface area contributed by atoms with E-state index in [4.69, 9.17) is 0 Å². The van der Waals surface area contributed by atoms with Gasteiger partial charge >= 0.3 is 0 Å². The minimum Gasteiger partial charge on any atom is -0.748 e. The van der Waals surface area contributed by atoms with Gasteiger partial charge in [0.1, 0.15) is 21.4 Å². The van der Waals surface area contributed by atoms with E-state index >= 15 is 0 Å². The molecule has 0 aliphatic rings. The summed E-state index contributed by atoms with van der Waals surface area (Å²) < 4.78 is 33.2. The molecule has 0 atom stereocenters. The lowest BCUT2D eigenvalue weighted by Crippen LogP contribution is -2.40. The predicted molar refractivity (Wildman–Crippen MR) is 70.9 cm³/mol. The van der Waals surface area contributed by atoms with E-state index in [-0.39, 0.29) is 12.3 Å². The molecule has 1 aromatic carbocycles. The van der Waals surface area contributed by atoms with Crippen molar-refractivity contribution < 1.29 is 22.4 Å². The predicted octanol–water partition coefficient (Wildman–Crippen LogP) is 0.199. The van der Waals surface area contributed by atoms with Crippen LogP contribution in [0.5, 0.6) is 0 Å². The summed E-state index contributed by atoms with van der Waals surface area (Å²) >= 11 is 0. The van der Waals surface area contributed by atoms with E-state index in [0.717, 1.165) is 10.9 Å². The number of fused-ring (bicyclic) bond motifs is 1. The Morgan fingerprint density at radius 2 is 2.10 bits per heavy atom. The summed E-state index contributed by atoms with van der Waals surface area (Å²) in [6.45, 7) is 1.56. The van der Waals surface area contributed by atoms with Crippen molar-refractivity contribution in [1.82, 2.24) is 5.10 Å². The average Bonchev–Trinajstić information content (AvgIpc) is 2.34. The van der Waals surface area contributed by atoms with E-state index in [1.54, 1.807) is 18.3 Å². The Morgan fingerprint density at radius 3 is 2.75 bits per heavy atom. The molecule has 0 amide bonds. The lowest BCUT2D eigenvalue weighted by Gasteiger charge is -2.03. The fraction of sp³-hybridized carbons (Fsp3) is 0.308. The molecule has 0 spiro atoms. The van der Waals surface area contributed by atoms with Gasteiger partial charge in [0.15, 0.2) is 12.7 Å². The van der Waals surface area contributed by atoms with Crippen LogP contribution in [0.15, 0.2) is 30.5 Å². The second-order valence-electron chi connectivity index (χ2n) is 4.61. The number of nitrogens with zero attached hydrogens (tertiary/aromatic N) is 2. The molecule has 0 unspecified atom stereocenters. The minimum absolute atomic E-state index is 0.0248. The van der Waals surface area contributed by atoms with Crippen molar-refractivity contribution in [1.29, 1.82) is 0 Å². The molecule has 106 valence electrons. The molecule has 0 saturated heterocycles. The summed E-state index contributed by atoms with van der Waals surface area (Å²) in [5.41, 5.74) is 1.59. The molecule has 0 saturated carbocycles. The van der Waals surface area contributed by atoms with Crippen molar-refractivity contribution in [2.45, 2.75) is 19.9 Å². The molecule has 0 bridgehead atoms. The van der Waals surface area contributed by atoms with Crippen molar-refractivity contribution in [3.05, 3.63) is 36.0 Å². The van der Waals surface area contributed by atoms with Crippen LogP contribution in [0.25, 0.3) is 10.9 Å². The van der Waals surface area contributed by atoms with Gasteiger partial charge in [-0.25, -0.2) is 8.42 Å². The van der Waals surface area contributed by atoms with Crippen molar-refractivity contribution in [3.8, 4) is 0 Å². The first-order valence-corrected chi connectivity index (χ1v) is 7.64. The molecular weight excluding hydrogens is 280 g/mol. The van der Waals surface area contributed by atoms with Crippen LogP contribution in [0.4, 0.5) is 0 Å². The van der Waals surface area contributed by atoms with Gasteiger partial charge in [-0.15, -0.1) is 0 Å². The maximum absolute atomic E-state index is 11.1. The molecule has 1 aromatic heterocycles. The normalized spacial score (nSPS) is 11.7. The summed E-state index contributed by atoms with van der Waals surface area (Å²) in [6, 6.07) is 7.24. The fourth-order valence-electron chi connectivity index (χ4n) is 1.89. The third-order valence-electron chi connectivity index (χ3n) is 2.78. The molecule has 0 N–H and O–H groups in total. The van der Waals surface area contributed by atoms with Gasteiger partial charge in [-0.05, 0) is 24.6 Å². The van der Waals surface area contributed by atoms with Crippen LogP contribution in [0.2, 0.25) is 0 Å². The van der Waals surface area contributed by atoms with E-state index < -0.39 is 15.9 Å². The largest absolute Gasteiger partial charge is 0.748 e. The van der Waals surface area contributed by atoms with E-state index in [1.165, 1.54) is 11.6 Å². The molecule has 1 heterocycles. The van der Waals surface area contributed by atoms with Crippen molar-refractivity contribution >= 4 is 26.8 Å². The molecule has 7 heteroatoms. The van der Waals surface area contributed by atoms with E-state index in [1.807, 2.05) is 12.1 Å². The fourth-order valence-corrected chi connectivity index (χ4v) is 2.30. The zero-order valence-electron chi connectivity index (χ0n) is 10.9. The van der Waals surface area contributed by atoms with Gasteiger partial charge in [0, 0.05) is 23.0 Å². The van der Waals surface area contributed by atoms with Crippen LogP contribution in [0.1, 0.15) is 12.5 Å². The van der Waals surface area contributed by atoms with Crippen molar-refractivity contribution in [2.75, 3.05) is 5.75 Å². The molecular formula is C13H14N2O4S. The van der Waals surface area contributed by atoms with Gasteiger partial charge in [0.05, 0.1) is 5.75 Å². The molecule has 0 fully saturated rings. The highest BCUT2D eigenvalue weighted by atomic mass is 32.2. The SMILES string of the molecule is CC(=O)Cc1ccc2n[n+](CCS(=O)(=O)[O-])ccc2c1. The number of aryl methyl sites for hydroxylation is 1. The number of carbonyl (C=O) groups is 1. The number of rotatable bonds is 5. The number of Topliss-reactive ketones (excluding diaryl/α,β-unsaturated/α-hetero) is 1. The topological polar surface area (TPSA) is 91.0 Å². The van der Waals surface area contributed by atoms with Gasteiger partial charge in [0.2, 0.25) is 0 Å². The van der Waals surface area contributed by atoms with E-state index in [2.05, 4.69) is 5.10 Å². The van der Waals surface area contributed by atoms with Crippen LogP contribution < -0.4 is 4.68 Å². The average molecular weight is 294 g/mol. The Labute approximate surface area is 116 Å². The summed E-state index contributed by atoms with van der Waals surface area (Å²) in [6.07, 6.45) is 1.99. The van der Waals surface area contributed by atoms with Gasteiger partial charge in [-0.2, -0.15) is 0 Å². The number of benzene rings is 1. The van der Waals surface area contributed by atoms with Crippen LogP contribution >= 0.6 is 0 Å². The number of hydrogen-bond acceptors (Lipinski definition) is 5.